The van der Waals surface area contributed by atoms with E-state index < -0.39 is 0 Å². The van der Waals surface area contributed by atoms with Crippen LogP contribution in [-0.2, 0) is 4.74 Å². The Bertz CT molecular complexity index is 106. The summed E-state index contributed by atoms with van der Waals surface area (Å²) in [4.78, 5) is 0. The van der Waals surface area contributed by atoms with Gasteiger partial charge in [-0.2, -0.15) is 0 Å². The van der Waals surface area contributed by atoms with Crippen molar-refractivity contribution in [1.29, 1.82) is 0 Å². The van der Waals surface area contributed by atoms with E-state index in [-0.39, 0.29) is 0 Å². The van der Waals surface area contributed by atoms with E-state index in [9.17, 15) is 0 Å². The van der Waals surface area contributed by atoms with Gasteiger partial charge in [0.1, 0.15) is 0 Å². The predicted octanol–water partition coefficient (Wildman–Crippen LogP) is 2.97. The van der Waals surface area contributed by atoms with Crippen LogP contribution >= 0.6 is 0 Å². The van der Waals surface area contributed by atoms with Gasteiger partial charge in [-0.05, 0) is 32.7 Å². The summed E-state index contributed by atoms with van der Waals surface area (Å²) >= 11 is 0. The van der Waals surface area contributed by atoms with E-state index in [2.05, 4.69) is 26.2 Å². The molecule has 0 fully saturated rings. The molecule has 0 aromatic heterocycles. The molecule has 0 saturated carbocycles. The van der Waals surface area contributed by atoms with Crippen LogP contribution in [0.1, 0.15) is 52.4 Å². The minimum Gasteiger partial charge on any atom is -0.381 e. The smallest absolute Gasteiger partial charge is 0.0466 e. The van der Waals surface area contributed by atoms with E-state index in [0.29, 0.717) is 6.04 Å². The van der Waals surface area contributed by atoms with Gasteiger partial charge in [0.15, 0.2) is 0 Å². The minimum atomic E-state index is 0.690. The second kappa shape index (κ2) is 11.0. The van der Waals surface area contributed by atoms with Crippen LogP contribution in [0.15, 0.2) is 0 Å². The molecule has 0 radical (unpaired) electrons. The average Bonchev–Trinajstić information content (AvgIpc) is 2.21. The lowest BCUT2D eigenvalue weighted by atomic mass is 10.1. The van der Waals surface area contributed by atoms with Gasteiger partial charge in [-0.3, -0.25) is 0 Å². The number of ether oxygens (including phenoxy) is 1. The van der Waals surface area contributed by atoms with Crippen LogP contribution < -0.4 is 5.32 Å². The monoisotopic (exact) mass is 201 g/mol. The van der Waals surface area contributed by atoms with Gasteiger partial charge < -0.3 is 10.1 Å². The summed E-state index contributed by atoms with van der Waals surface area (Å²) in [6.45, 7) is 6.31. The first-order chi connectivity index (χ1) is 6.85. The maximum Gasteiger partial charge on any atom is 0.0466 e. The SMILES string of the molecule is CCCCOCCCC(CCC)NC. The molecule has 0 aliphatic rings. The first-order valence-corrected chi connectivity index (χ1v) is 6.10. The van der Waals surface area contributed by atoms with Gasteiger partial charge in [0.2, 0.25) is 0 Å². The number of hydrogen-bond acceptors (Lipinski definition) is 2. The van der Waals surface area contributed by atoms with Gasteiger partial charge in [0, 0.05) is 19.3 Å². The third-order valence-corrected chi connectivity index (χ3v) is 2.53. The molecule has 1 atom stereocenters. The largest absolute Gasteiger partial charge is 0.381 e. The van der Waals surface area contributed by atoms with E-state index in [0.717, 1.165) is 13.2 Å². The highest BCUT2D eigenvalue weighted by atomic mass is 16.5. The molecule has 0 bridgehead atoms. The number of hydrogen-bond donors (Lipinski definition) is 1. The highest BCUT2D eigenvalue weighted by Crippen LogP contribution is 2.04. The zero-order valence-corrected chi connectivity index (χ0v) is 10.1. The van der Waals surface area contributed by atoms with Crippen molar-refractivity contribution < 1.29 is 4.74 Å². The molecule has 0 aromatic rings. The Hall–Kier alpha value is -0.0800. The first-order valence-electron chi connectivity index (χ1n) is 6.10. The third kappa shape index (κ3) is 8.52. The van der Waals surface area contributed by atoms with Crippen LogP contribution in [0.4, 0.5) is 0 Å². The van der Waals surface area contributed by atoms with Crippen molar-refractivity contribution in [3.05, 3.63) is 0 Å². The molecule has 0 saturated heterocycles. The summed E-state index contributed by atoms with van der Waals surface area (Å²) in [6.07, 6.45) is 7.42. The van der Waals surface area contributed by atoms with Crippen molar-refractivity contribution in [1.82, 2.24) is 5.32 Å². The van der Waals surface area contributed by atoms with Crippen LogP contribution in [0.5, 0.6) is 0 Å². The lowest BCUT2D eigenvalue weighted by Gasteiger charge is -2.14. The molecule has 0 amide bonds. The van der Waals surface area contributed by atoms with E-state index in [1.165, 1.54) is 38.5 Å². The van der Waals surface area contributed by atoms with Crippen molar-refractivity contribution in [3.63, 3.8) is 0 Å². The summed E-state index contributed by atoms with van der Waals surface area (Å²) in [5.41, 5.74) is 0. The number of nitrogens with one attached hydrogen (secondary N) is 1. The van der Waals surface area contributed by atoms with Crippen molar-refractivity contribution in [3.8, 4) is 0 Å². The van der Waals surface area contributed by atoms with Crippen LogP contribution in [0.3, 0.4) is 0 Å². The molecular weight excluding hydrogens is 174 g/mol. The highest BCUT2D eigenvalue weighted by Gasteiger charge is 2.03. The normalized spacial score (nSPS) is 13.1. The Morgan fingerprint density at radius 3 is 2.29 bits per heavy atom. The Morgan fingerprint density at radius 2 is 1.71 bits per heavy atom. The number of unbranched alkanes of at least 4 members (excludes halogenated alkanes) is 1. The van der Waals surface area contributed by atoms with Crippen molar-refractivity contribution >= 4 is 0 Å². The molecule has 2 heteroatoms. The highest BCUT2D eigenvalue weighted by molar-refractivity contribution is 4.62. The van der Waals surface area contributed by atoms with Gasteiger partial charge in [0.05, 0.1) is 0 Å². The molecular formula is C12H27NO. The second-order valence-electron chi connectivity index (χ2n) is 3.88. The molecule has 1 N–H and O–H groups in total. The van der Waals surface area contributed by atoms with Crippen LogP contribution in [0.25, 0.3) is 0 Å². The van der Waals surface area contributed by atoms with Gasteiger partial charge in [-0.15, -0.1) is 0 Å². The second-order valence-corrected chi connectivity index (χ2v) is 3.88. The lowest BCUT2D eigenvalue weighted by Crippen LogP contribution is -2.25. The van der Waals surface area contributed by atoms with E-state index >= 15 is 0 Å². The van der Waals surface area contributed by atoms with Gasteiger partial charge >= 0.3 is 0 Å². The molecule has 0 aromatic carbocycles. The fourth-order valence-electron chi connectivity index (χ4n) is 1.56. The van der Waals surface area contributed by atoms with Crippen molar-refractivity contribution in [2.45, 2.75) is 58.4 Å². The minimum absolute atomic E-state index is 0.690. The predicted molar refractivity (Wildman–Crippen MR) is 62.7 cm³/mol. The summed E-state index contributed by atoms with van der Waals surface area (Å²) in [5, 5.41) is 3.35. The molecule has 0 spiro atoms. The zero-order chi connectivity index (χ0) is 10.6. The summed E-state index contributed by atoms with van der Waals surface area (Å²) in [6, 6.07) is 0.690. The maximum atomic E-state index is 5.52. The molecule has 0 heterocycles. The Morgan fingerprint density at radius 1 is 1.00 bits per heavy atom. The molecule has 0 aliphatic heterocycles. The summed E-state index contributed by atoms with van der Waals surface area (Å²) in [5.74, 6) is 0. The van der Waals surface area contributed by atoms with Gasteiger partial charge in [0.25, 0.3) is 0 Å². The Labute approximate surface area is 89.4 Å². The number of rotatable bonds is 10. The first kappa shape index (κ1) is 13.9. The standard InChI is InChI=1S/C12H27NO/c1-4-6-10-14-11-7-9-12(13-3)8-5-2/h12-13H,4-11H2,1-3H3. The fraction of sp³-hybridized carbons (Fsp3) is 1.00. The topological polar surface area (TPSA) is 21.3 Å². The molecule has 2 nitrogen and oxygen atoms in total. The zero-order valence-electron chi connectivity index (χ0n) is 10.1. The van der Waals surface area contributed by atoms with Crippen molar-refractivity contribution in [2.75, 3.05) is 20.3 Å². The quantitative estimate of drug-likeness (QED) is 0.549. The Balaban J connectivity index is 3.15. The lowest BCUT2D eigenvalue weighted by molar-refractivity contribution is 0.125. The summed E-state index contributed by atoms with van der Waals surface area (Å²) < 4.78 is 5.52. The van der Waals surface area contributed by atoms with Crippen LogP contribution in [-0.4, -0.2) is 26.3 Å². The molecule has 1 unspecified atom stereocenters. The summed E-state index contributed by atoms with van der Waals surface area (Å²) in [7, 11) is 2.05. The molecule has 0 aliphatic carbocycles. The maximum absolute atomic E-state index is 5.52. The average molecular weight is 201 g/mol. The van der Waals surface area contributed by atoms with Crippen LogP contribution in [0.2, 0.25) is 0 Å². The van der Waals surface area contributed by atoms with Gasteiger partial charge in [-0.1, -0.05) is 26.7 Å². The fourth-order valence-corrected chi connectivity index (χ4v) is 1.56. The molecule has 0 rings (SSSR count). The van der Waals surface area contributed by atoms with Gasteiger partial charge in [-0.25, -0.2) is 0 Å². The third-order valence-electron chi connectivity index (χ3n) is 2.53. The molecule has 86 valence electrons. The Kier molecular flexibility index (Phi) is 10.9. The van der Waals surface area contributed by atoms with E-state index in [1.807, 2.05) is 0 Å². The van der Waals surface area contributed by atoms with Crippen molar-refractivity contribution in [2.24, 2.45) is 0 Å². The van der Waals surface area contributed by atoms with E-state index in [1.54, 1.807) is 0 Å². The van der Waals surface area contributed by atoms with E-state index in [4.69, 9.17) is 4.74 Å². The molecule has 14 heavy (non-hydrogen) atoms. The van der Waals surface area contributed by atoms with Crippen LogP contribution in [0, 0.1) is 0 Å².